The Morgan fingerprint density at radius 3 is 2.22 bits per heavy atom. The van der Waals surface area contributed by atoms with Gasteiger partial charge in [-0.3, -0.25) is 0 Å². The number of ether oxygens (including phenoxy) is 3. The molecule has 2 rings (SSSR count). The van der Waals surface area contributed by atoms with Gasteiger partial charge in [-0.25, -0.2) is 0 Å². The number of benzene rings is 2. The number of hydrogen-bond donors (Lipinski definition) is 0. The lowest BCUT2D eigenvalue weighted by atomic mass is 9.97. The van der Waals surface area contributed by atoms with Crippen LogP contribution in [0.1, 0.15) is 33.3 Å². The van der Waals surface area contributed by atoms with Gasteiger partial charge in [0, 0.05) is 10.0 Å². The number of rotatable bonds is 6. The van der Waals surface area contributed by atoms with Crippen LogP contribution >= 0.6 is 15.9 Å². The Balaban J connectivity index is 2.40. The van der Waals surface area contributed by atoms with Gasteiger partial charge in [0.25, 0.3) is 0 Å². The van der Waals surface area contributed by atoms with Crippen molar-refractivity contribution in [1.29, 1.82) is 0 Å². The highest BCUT2D eigenvalue weighted by molar-refractivity contribution is 9.10. The smallest absolute Gasteiger partial charge is 0.162 e. The number of para-hydroxylation sites is 1. The van der Waals surface area contributed by atoms with Crippen molar-refractivity contribution in [3.05, 3.63) is 52.5 Å². The van der Waals surface area contributed by atoms with E-state index in [-0.39, 0.29) is 6.10 Å². The molecule has 0 amide bonds. The lowest BCUT2D eigenvalue weighted by Crippen LogP contribution is -2.26. The van der Waals surface area contributed by atoms with Crippen LogP contribution in [0.4, 0.5) is 0 Å². The van der Waals surface area contributed by atoms with Crippen LogP contribution in [-0.2, 0) is 5.60 Å². The van der Waals surface area contributed by atoms with E-state index < -0.39 is 5.60 Å². The van der Waals surface area contributed by atoms with Gasteiger partial charge in [-0.05, 0) is 52.0 Å². The van der Waals surface area contributed by atoms with Crippen molar-refractivity contribution in [1.82, 2.24) is 0 Å². The van der Waals surface area contributed by atoms with E-state index in [1.54, 1.807) is 7.11 Å². The summed E-state index contributed by atoms with van der Waals surface area (Å²) < 4.78 is 18.4. The van der Waals surface area contributed by atoms with Crippen molar-refractivity contribution in [2.45, 2.75) is 39.4 Å². The van der Waals surface area contributed by atoms with Crippen molar-refractivity contribution >= 4 is 15.9 Å². The summed E-state index contributed by atoms with van der Waals surface area (Å²) in [5, 5.41) is 0. The molecule has 0 heterocycles. The van der Waals surface area contributed by atoms with Crippen molar-refractivity contribution in [3.8, 4) is 17.2 Å². The van der Waals surface area contributed by atoms with E-state index in [0.29, 0.717) is 11.5 Å². The Morgan fingerprint density at radius 2 is 1.65 bits per heavy atom. The molecule has 124 valence electrons. The first-order chi connectivity index (χ1) is 10.8. The van der Waals surface area contributed by atoms with E-state index in [9.17, 15) is 0 Å². The molecule has 0 saturated heterocycles. The van der Waals surface area contributed by atoms with Crippen molar-refractivity contribution in [2.24, 2.45) is 0 Å². The zero-order chi connectivity index (χ0) is 17.0. The summed E-state index contributed by atoms with van der Waals surface area (Å²) in [7, 11) is 1.64. The molecule has 2 aromatic rings. The van der Waals surface area contributed by atoms with Crippen LogP contribution in [0.5, 0.6) is 17.2 Å². The molecule has 0 radical (unpaired) electrons. The molecular weight excluding hydrogens is 356 g/mol. The van der Waals surface area contributed by atoms with Crippen LogP contribution in [-0.4, -0.2) is 13.2 Å². The van der Waals surface area contributed by atoms with Gasteiger partial charge in [0.1, 0.15) is 11.4 Å². The van der Waals surface area contributed by atoms with Gasteiger partial charge in [-0.1, -0.05) is 34.1 Å². The van der Waals surface area contributed by atoms with Gasteiger partial charge >= 0.3 is 0 Å². The third-order valence-electron chi connectivity index (χ3n) is 3.38. The van der Waals surface area contributed by atoms with Gasteiger partial charge in [-0.15, -0.1) is 0 Å². The highest BCUT2D eigenvalue weighted by Gasteiger charge is 2.27. The first-order valence-electron chi connectivity index (χ1n) is 7.62. The molecule has 0 aliphatic rings. The molecule has 3 nitrogen and oxygen atoms in total. The fraction of sp³-hybridized carbons (Fsp3) is 0.368. The van der Waals surface area contributed by atoms with Gasteiger partial charge < -0.3 is 14.2 Å². The lowest BCUT2D eigenvalue weighted by Gasteiger charge is -2.29. The molecule has 0 saturated carbocycles. The maximum atomic E-state index is 6.18. The molecule has 0 fully saturated rings. The second-order valence-corrected chi connectivity index (χ2v) is 6.93. The maximum absolute atomic E-state index is 6.18. The standard InChI is InChI=1S/C19H23BrO3/c1-13(2)22-18-11-15(16(20)12-17(18)21-5)19(3,4)23-14-9-7-6-8-10-14/h6-13H,1-5H3. The molecule has 2 aromatic carbocycles. The van der Waals surface area contributed by atoms with E-state index in [1.807, 2.05) is 70.2 Å². The number of hydrogen-bond acceptors (Lipinski definition) is 3. The molecule has 0 unspecified atom stereocenters. The van der Waals surface area contributed by atoms with Crippen LogP contribution < -0.4 is 14.2 Å². The summed E-state index contributed by atoms with van der Waals surface area (Å²) in [6.07, 6.45) is 0.0658. The first kappa shape index (κ1) is 17.7. The summed E-state index contributed by atoms with van der Waals surface area (Å²) in [4.78, 5) is 0. The number of halogens is 1. The SMILES string of the molecule is COc1cc(Br)c(C(C)(C)Oc2ccccc2)cc1OC(C)C. The topological polar surface area (TPSA) is 27.7 Å². The molecule has 0 aromatic heterocycles. The minimum absolute atomic E-state index is 0.0658. The summed E-state index contributed by atoms with van der Waals surface area (Å²) in [6.45, 7) is 8.05. The zero-order valence-corrected chi connectivity index (χ0v) is 15.8. The van der Waals surface area contributed by atoms with E-state index in [2.05, 4.69) is 15.9 Å². The quantitative estimate of drug-likeness (QED) is 0.658. The minimum Gasteiger partial charge on any atom is -0.493 e. The molecule has 0 atom stereocenters. The Kier molecular flexibility index (Phi) is 5.58. The highest BCUT2D eigenvalue weighted by Crippen LogP contribution is 2.40. The molecule has 0 N–H and O–H groups in total. The van der Waals surface area contributed by atoms with Gasteiger partial charge in [-0.2, -0.15) is 0 Å². The van der Waals surface area contributed by atoms with Gasteiger partial charge in [0.15, 0.2) is 11.5 Å². The average molecular weight is 379 g/mol. The van der Waals surface area contributed by atoms with Crippen LogP contribution in [0.3, 0.4) is 0 Å². The van der Waals surface area contributed by atoms with Gasteiger partial charge in [0.2, 0.25) is 0 Å². The summed E-state index contributed by atoms with van der Waals surface area (Å²) in [5.74, 6) is 2.24. The van der Waals surface area contributed by atoms with Gasteiger partial charge in [0.05, 0.1) is 13.2 Å². The first-order valence-corrected chi connectivity index (χ1v) is 8.41. The predicted molar refractivity (Wildman–Crippen MR) is 96.6 cm³/mol. The Hall–Kier alpha value is -1.68. The second-order valence-electron chi connectivity index (χ2n) is 6.07. The Labute approximate surface area is 146 Å². The molecule has 0 spiro atoms. The van der Waals surface area contributed by atoms with Crippen LogP contribution in [0.15, 0.2) is 46.9 Å². The van der Waals surface area contributed by atoms with Crippen molar-refractivity contribution < 1.29 is 14.2 Å². The third-order valence-corrected chi connectivity index (χ3v) is 4.04. The largest absolute Gasteiger partial charge is 0.493 e. The van der Waals surface area contributed by atoms with Crippen LogP contribution in [0, 0.1) is 0 Å². The lowest BCUT2D eigenvalue weighted by molar-refractivity contribution is 0.107. The predicted octanol–water partition coefficient (Wildman–Crippen LogP) is 5.56. The van der Waals surface area contributed by atoms with E-state index in [1.165, 1.54) is 0 Å². The molecule has 0 aliphatic carbocycles. The molecule has 4 heteroatoms. The number of methoxy groups -OCH3 is 1. The molecule has 0 aliphatic heterocycles. The summed E-state index contributed by atoms with van der Waals surface area (Å²) in [5.41, 5.74) is 0.472. The fourth-order valence-electron chi connectivity index (χ4n) is 2.34. The van der Waals surface area contributed by atoms with Crippen molar-refractivity contribution in [2.75, 3.05) is 7.11 Å². The van der Waals surface area contributed by atoms with E-state index >= 15 is 0 Å². The highest BCUT2D eigenvalue weighted by atomic mass is 79.9. The fourth-order valence-corrected chi connectivity index (χ4v) is 3.14. The molecule has 23 heavy (non-hydrogen) atoms. The Bertz CT molecular complexity index is 651. The average Bonchev–Trinajstić information content (AvgIpc) is 2.48. The summed E-state index contributed by atoms with van der Waals surface area (Å²) >= 11 is 3.62. The van der Waals surface area contributed by atoms with Crippen molar-refractivity contribution in [3.63, 3.8) is 0 Å². The monoisotopic (exact) mass is 378 g/mol. The third kappa shape index (κ3) is 4.41. The van der Waals surface area contributed by atoms with Crippen LogP contribution in [0.2, 0.25) is 0 Å². The summed E-state index contributed by atoms with van der Waals surface area (Å²) in [6, 6.07) is 13.7. The Morgan fingerprint density at radius 1 is 1.00 bits per heavy atom. The van der Waals surface area contributed by atoms with E-state index in [4.69, 9.17) is 14.2 Å². The minimum atomic E-state index is -0.526. The van der Waals surface area contributed by atoms with Crippen LogP contribution in [0.25, 0.3) is 0 Å². The second kappa shape index (κ2) is 7.26. The maximum Gasteiger partial charge on any atom is 0.162 e. The molecular formula is C19H23BrO3. The zero-order valence-electron chi connectivity index (χ0n) is 14.2. The van der Waals surface area contributed by atoms with E-state index in [0.717, 1.165) is 15.8 Å². The normalized spacial score (nSPS) is 11.4. The molecule has 0 bridgehead atoms.